The molecule has 84 valence electrons. The molecule has 0 fully saturated rings. The molecule has 5 nitrogen and oxygen atoms in total. The number of hydrogen-bond donors (Lipinski definition) is 0. The minimum Gasteiger partial charge on any atom is -0.426 e. The first kappa shape index (κ1) is 11.8. The first-order valence-corrected chi connectivity index (χ1v) is 4.10. The summed E-state index contributed by atoms with van der Waals surface area (Å²) in [5, 5.41) is 19.3. The van der Waals surface area contributed by atoms with Crippen LogP contribution >= 0.6 is 0 Å². The Kier molecular flexibility index (Phi) is 3.35. The highest BCUT2D eigenvalue weighted by atomic mass is 19.3. The van der Waals surface area contributed by atoms with Gasteiger partial charge in [0.1, 0.15) is 11.6 Å². The Bertz CT molecular complexity index is 469. The molecule has 0 aromatic heterocycles. The summed E-state index contributed by atoms with van der Waals surface area (Å²) in [7, 11) is 0. The maximum Gasteiger partial charge on any atom is 0.387 e. The third-order valence-corrected chi connectivity index (χ3v) is 1.84. The summed E-state index contributed by atoms with van der Waals surface area (Å²) >= 11 is 0. The minimum atomic E-state index is -3.22. The topological polar surface area (TPSA) is 76.2 Å². The molecule has 0 bridgehead atoms. The van der Waals surface area contributed by atoms with E-state index in [-0.39, 0.29) is 11.1 Å². The summed E-state index contributed by atoms with van der Waals surface area (Å²) in [6, 6.07) is 4.06. The fourth-order valence-electron chi connectivity index (χ4n) is 1.19. The summed E-state index contributed by atoms with van der Waals surface area (Å²) < 4.78 is 28.1. The van der Waals surface area contributed by atoms with Gasteiger partial charge in [-0.2, -0.15) is 14.0 Å². The zero-order chi connectivity index (χ0) is 12.3. The van der Waals surface area contributed by atoms with Crippen LogP contribution in [0, 0.1) is 28.4 Å². The average Bonchev–Trinajstić information content (AvgIpc) is 2.16. The van der Waals surface area contributed by atoms with Gasteiger partial charge in [-0.3, -0.25) is 10.1 Å². The molecule has 0 radical (unpaired) electrons. The Morgan fingerprint density at radius 1 is 1.56 bits per heavy atom. The van der Waals surface area contributed by atoms with Crippen molar-refractivity contribution in [3.05, 3.63) is 33.4 Å². The van der Waals surface area contributed by atoms with Crippen LogP contribution in [0.25, 0.3) is 0 Å². The first-order chi connectivity index (χ1) is 7.47. The van der Waals surface area contributed by atoms with E-state index in [1.807, 2.05) is 0 Å². The second-order valence-electron chi connectivity index (χ2n) is 2.86. The molecule has 0 atom stereocenters. The molecule has 0 aliphatic rings. The second kappa shape index (κ2) is 4.53. The fraction of sp³-hybridized carbons (Fsp3) is 0.222. The van der Waals surface area contributed by atoms with E-state index in [2.05, 4.69) is 4.74 Å². The van der Waals surface area contributed by atoms with Gasteiger partial charge in [0, 0.05) is 5.56 Å². The molecular weight excluding hydrogens is 222 g/mol. The highest BCUT2D eigenvalue weighted by Gasteiger charge is 2.25. The van der Waals surface area contributed by atoms with Crippen molar-refractivity contribution in [2.24, 2.45) is 0 Å². The second-order valence-corrected chi connectivity index (χ2v) is 2.86. The lowest BCUT2D eigenvalue weighted by atomic mass is 10.1. The van der Waals surface area contributed by atoms with E-state index in [0.717, 1.165) is 0 Å². The Morgan fingerprint density at radius 2 is 2.19 bits per heavy atom. The number of alkyl halides is 2. The molecule has 0 unspecified atom stereocenters. The van der Waals surface area contributed by atoms with Crippen molar-refractivity contribution in [1.29, 1.82) is 5.26 Å². The Labute approximate surface area is 89.0 Å². The molecule has 0 aliphatic heterocycles. The predicted octanol–water partition coefficient (Wildman–Crippen LogP) is 2.38. The van der Waals surface area contributed by atoms with Gasteiger partial charge in [-0.25, -0.2) is 0 Å². The lowest BCUT2D eigenvalue weighted by molar-refractivity contribution is -0.387. The van der Waals surface area contributed by atoms with Gasteiger partial charge in [-0.1, -0.05) is 6.07 Å². The van der Waals surface area contributed by atoms with Crippen LogP contribution in [0.5, 0.6) is 5.75 Å². The molecule has 0 heterocycles. The number of nitro groups is 1. The first-order valence-electron chi connectivity index (χ1n) is 4.10. The predicted molar refractivity (Wildman–Crippen MR) is 49.2 cm³/mol. The van der Waals surface area contributed by atoms with E-state index in [4.69, 9.17) is 5.26 Å². The molecule has 1 aromatic carbocycles. The molecule has 0 spiro atoms. The van der Waals surface area contributed by atoms with Gasteiger partial charge in [-0.05, 0) is 13.0 Å². The van der Waals surface area contributed by atoms with Crippen molar-refractivity contribution in [2.45, 2.75) is 13.5 Å². The van der Waals surface area contributed by atoms with E-state index >= 15 is 0 Å². The SMILES string of the molecule is Cc1ccc(C#N)c(OC(F)F)c1[N+](=O)[O-]. The van der Waals surface area contributed by atoms with Gasteiger partial charge < -0.3 is 4.74 Å². The van der Waals surface area contributed by atoms with Crippen molar-refractivity contribution in [3.63, 3.8) is 0 Å². The third-order valence-electron chi connectivity index (χ3n) is 1.84. The van der Waals surface area contributed by atoms with Crippen molar-refractivity contribution in [3.8, 4) is 11.8 Å². The van der Waals surface area contributed by atoms with Crippen molar-refractivity contribution < 1.29 is 18.4 Å². The standard InChI is InChI=1S/C9H6F2N2O3/c1-5-2-3-6(4-12)8(16-9(10)11)7(5)13(14)15/h2-3,9H,1H3. The average molecular weight is 228 g/mol. The maximum absolute atomic E-state index is 12.1. The highest BCUT2D eigenvalue weighted by molar-refractivity contribution is 5.60. The normalized spacial score (nSPS) is 9.94. The van der Waals surface area contributed by atoms with Crippen LogP contribution in [0.4, 0.5) is 14.5 Å². The van der Waals surface area contributed by atoms with Crippen LogP contribution in [0.3, 0.4) is 0 Å². The molecule has 0 saturated carbocycles. The quantitative estimate of drug-likeness (QED) is 0.587. The van der Waals surface area contributed by atoms with Crippen LogP contribution < -0.4 is 4.74 Å². The molecule has 0 saturated heterocycles. The molecule has 0 N–H and O–H groups in total. The monoisotopic (exact) mass is 228 g/mol. The number of ether oxygens (including phenoxy) is 1. The number of rotatable bonds is 3. The number of nitrogens with zero attached hydrogens (tertiary/aromatic N) is 2. The van der Waals surface area contributed by atoms with Gasteiger partial charge in [0.2, 0.25) is 5.75 Å². The van der Waals surface area contributed by atoms with Crippen LogP contribution in [0.15, 0.2) is 12.1 Å². The summed E-state index contributed by atoms with van der Waals surface area (Å²) in [6.45, 7) is -1.84. The third kappa shape index (κ3) is 2.23. The van der Waals surface area contributed by atoms with Gasteiger partial charge >= 0.3 is 12.3 Å². The smallest absolute Gasteiger partial charge is 0.387 e. The van der Waals surface area contributed by atoms with Gasteiger partial charge in [0.15, 0.2) is 0 Å². The van der Waals surface area contributed by atoms with Crippen LogP contribution in [-0.4, -0.2) is 11.5 Å². The number of aryl methyl sites for hydroxylation is 1. The van der Waals surface area contributed by atoms with Gasteiger partial charge in [0.05, 0.1) is 4.92 Å². The number of halogens is 2. The van der Waals surface area contributed by atoms with Gasteiger partial charge in [0.25, 0.3) is 0 Å². The summed E-state index contributed by atoms with van der Waals surface area (Å²) in [5.74, 6) is -0.692. The number of nitro benzene ring substituents is 1. The maximum atomic E-state index is 12.1. The summed E-state index contributed by atoms with van der Waals surface area (Å²) in [6.07, 6.45) is 0. The molecule has 16 heavy (non-hydrogen) atoms. The largest absolute Gasteiger partial charge is 0.426 e. The molecule has 0 amide bonds. The van der Waals surface area contributed by atoms with Crippen molar-refractivity contribution in [2.75, 3.05) is 0 Å². The molecular formula is C9H6F2N2O3. The van der Waals surface area contributed by atoms with E-state index in [9.17, 15) is 18.9 Å². The Balaban J connectivity index is 3.44. The molecule has 1 aromatic rings. The number of nitriles is 1. The van der Waals surface area contributed by atoms with Gasteiger partial charge in [-0.15, -0.1) is 0 Å². The van der Waals surface area contributed by atoms with E-state index < -0.39 is 23.0 Å². The Hall–Kier alpha value is -2.23. The van der Waals surface area contributed by atoms with Crippen LogP contribution in [-0.2, 0) is 0 Å². The minimum absolute atomic E-state index is 0.152. The highest BCUT2D eigenvalue weighted by Crippen LogP contribution is 2.34. The van der Waals surface area contributed by atoms with Crippen molar-refractivity contribution in [1.82, 2.24) is 0 Å². The zero-order valence-electron chi connectivity index (χ0n) is 8.11. The lowest BCUT2D eigenvalue weighted by Crippen LogP contribution is -2.07. The molecule has 1 rings (SSSR count). The summed E-state index contributed by atoms with van der Waals surface area (Å²) in [4.78, 5) is 9.81. The van der Waals surface area contributed by atoms with Crippen LogP contribution in [0.2, 0.25) is 0 Å². The lowest BCUT2D eigenvalue weighted by Gasteiger charge is -2.08. The number of hydrogen-bond acceptors (Lipinski definition) is 4. The van der Waals surface area contributed by atoms with E-state index in [1.165, 1.54) is 19.1 Å². The van der Waals surface area contributed by atoms with E-state index in [0.29, 0.717) is 0 Å². The Morgan fingerprint density at radius 3 is 2.62 bits per heavy atom. The van der Waals surface area contributed by atoms with E-state index in [1.54, 1.807) is 6.07 Å². The van der Waals surface area contributed by atoms with Crippen LogP contribution in [0.1, 0.15) is 11.1 Å². The zero-order valence-corrected chi connectivity index (χ0v) is 8.11. The number of benzene rings is 1. The molecule has 7 heteroatoms. The van der Waals surface area contributed by atoms with Crippen molar-refractivity contribution >= 4 is 5.69 Å². The molecule has 0 aliphatic carbocycles. The summed E-state index contributed by atoms with van der Waals surface area (Å²) in [5.41, 5.74) is -0.753. The fourth-order valence-corrected chi connectivity index (χ4v) is 1.19.